The van der Waals surface area contributed by atoms with E-state index in [0.29, 0.717) is 17.7 Å². The Kier molecular flexibility index (Phi) is 4.55. The number of nitrogens with one attached hydrogen (secondary N) is 1. The molecule has 2 N–H and O–H groups in total. The zero-order chi connectivity index (χ0) is 19.0. The summed E-state index contributed by atoms with van der Waals surface area (Å²) in [6.45, 7) is 2.95. The van der Waals surface area contributed by atoms with Crippen molar-refractivity contribution in [3.63, 3.8) is 0 Å². The molecule has 0 spiro atoms. The third-order valence-electron chi connectivity index (χ3n) is 4.84. The molecule has 1 saturated heterocycles. The van der Waals surface area contributed by atoms with Crippen LogP contribution < -0.4 is 10.7 Å². The predicted octanol–water partition coefficient (Wildman–Crippen LogP) is 1.77. The standard InChI is InChI=1S/C20H20N2O5/c1-2-22-9-14(20(25)21-15-10-26-11-17(15)23)19(24)13-8-12(5-6-16(13)22)18-4-3-7-27-18/h3-9,15,17,23H,2,10-11H2,1H3,(H,21,25)/t15-,17-/m0/s1. The molecule has 1 amide bonds. The zero-order valence-electron chi connectivity index (χ0n) is 14.8. The van der Waals surface area contributed by atoms with Gasteiger partial charge in [-0.1, -0.05) is 0 Å². The number of ether oxygens (including phenoxy) is 1. The lowest BCUT2D eigenvalue weighted by molar-refractivity contribution is 0.0885. The SMILES string of the molecule is CCn1cc(C(=O)N[C@H]2COC[C@@H]2O)c(=O)c2cc(-c3ccco3)ccc21. The van der Waals surface area contributed by atoms with Gasteiger partial charge < -0.3 is 24.1 Å². The number of pyridine rings is 1. The van der Waals surface area contributed by atoms with Crippen LogP contribution in [0, 0.1) is 0 Å². The molecular formula is C20H20N2O5. The van der Waals surface area contributed by atoms with Crippen LogP contribution in [0.3, 0.4) is 0 Å². The van der Waals surface area contributed by atoms with Crippen LogP contribution in [0.4, 0.5) is 0 Å². The highest BCUT2D eigenvalue weighted by Crippen LogP contribution is 2.24. The molecule has 0 bridgehead atoms. The molecule has 2 atom stereocenters. The van der Waals surface area contributed by atoms with Crippen molar-refractivity contribution in [2.75, 3.05) is 13.2 Å². The second-order valence-electron chi connectivity index (χ2n) is 6.55. The predicted molar refractivity (Wildman–Crippen MR) is 99.7 cm³/mol. The highest BCUT2D eigenvalue weighted by Gasteiger charge is 2.29. The number of hydrogen-bond acceptors (Lipinski definition) is 5. The van der Waals surface area contributed by atoms with Gasteiger partial charge in [-0.3, -0.25) is 9.59 Å². The second-order valence-corrected chi connectivity index (χ2v) is 6.55. The van der Waals surface area contributed by atoms with Gasteiger partial charge in [0.05, 0.1) is 37.1 Å². The Balaban J connectivity index is 1.79. The second kappa shape index (κ2) is 7.02. The number of rotatable bonds is 4. The maximum atomic E-state index is 13.0. The fraction of sp³-hybridized carbons (Fsp3) is 0.300. The molecule has 2 aromatic heterocycles. The van der Waals surface area contributed by atoms with E-state index in [4.69, 9.17) is 9.15 Å². The van der Waals surface area contributed by atoms with Gasteiger partial charge in [0.2, 0.25) is 5.43 Å². The first kappa shape index (κ1) is 17.5. The number of carbonyl (C=O) groups is 1. The smallest absolute Gasteiger partial charge is 0.257 e. The summed E-state index contributed by atoms with van der Waals surface area (Å²) in [6, 6.07) is 8.57. The third kappa shape index (κ3) is 3.15. The highest BCUT2D eigenvalue weighted by atomic mass is 16.5. The van der Waals surface area contributed by atoms with Gasteiger partial charge in [-0.15, -0.1) is 0 Å². The number of aliphatic hydroxyl groups is 1. The number of hydrogen-bond donors (Lipinski definition) is 2. The van der Waals surface area contributed by atoms with Gasteiger partial charge in [0.1, 0.15) is 11.3 Å². The minimum Gasteiger partial charge on any atom is -0.464 e. The van der Waals surface area contributed by atoms with Crippen LogP contribution in [0.5, 0.6) is 0 Å². The Morgan fingerprint density at radius 1 is 1.33 bits per heavy atom. The Hall–Kier alpha value is -2.90. The van der Waals surface area contributed by atoms with Gasteiger partial charge >= 0.3 is 0 Å². The molecule has 1 fully saturated rings. The van der Waals surface area contributed by atoms with E-state index in [2.05, 4.69) is 5.32 Å². The fourth-order valence-electron chi connectivity index (χ4n) is 3.34. The topological polar surface area (TPSA) is 93.7 Å². The summed E-state index contributed by atoms with van der Waals surface area (Å²) in [4.78, 5) is 25.7. The molecule has 1 aromatic carbocycles. The molecule has 0 saturated carbocycles. The number of nitrogens with zero attached hydrogens (tertiary/aromatic N) is 1. The molecule has 0 unspecified atom stereocenters. The number of aliphatic hydroxyl groups excluding tert-OH is 1. The van der Waals surface area contributed by atoms with Gasteiger partial charge in [0.15, 0.2) is 0 Å². The maximum Gasteiger partial charge on any atom is 0.257 e. The lowest BCUT2D eigenvalue weighted by Gasteiger charge is -2.16. The van der Waals surface area contributed by atoms with Crippen LogP contribution in [-0.2, 0) is 11.3 Å². The van der Waals surface area contributed by atoms with E-state index in [1.54, 1.807) is 24.6 Å². The van der Waals surface area contributed by atoms with E-state index >= 15 is 0 Å². The Bertz CT molecular complexity index is 1040. The van der Waals surface area contributed by atoms with Crippen LogP contribution in [0.1, 0.15) is 17.3 Å². The van der Waals surface area contributed by atoms with Gasteiger partial charge in [-0.05, 0) is 37.3 Å². The van der Waals surface area contributed by atoms with E-state index in [-0.39, 0.29) is 24.2 Å². The number of amides is 1. The molecule has 3 aromatic rings. The Morgan fingerprint density at radius 3 is 2.85 bits per heavy atom. The normalized spacial score (nSPS) is 19.5. The van der Waals surface area contributed by atoms with Crippen LogP contribution in [0.15, 0.2) is 52.0 Å². The lowest BCUT2D eigenvalue weighted by atomic mass is 10.1. The van der Waals surface area contributed by atoms with Crippen molar-refractivity contribution in [1.82, 2.24) is 9.88 Å². The summed E-state index contributed by atoms with van der Waals surface area (Å²) in [5, 5.41) is 13.0. The van der Waals surface area contributed by atoms with Gasteiger partial charge in [-0.25, -0.2) is 0 Å². The monoisotopic (exact) mass is 368 g/mol. The average Bonchev–Trinajstić information content (AvgIpc) is 3.34. The molecule has 3 heterocycles. The summed E-state index contributed by atoms with van der Waals surface area (Å²) in [5.74, 6) is 0.141. The van der Waals surface area contributed by atoms with Crippen LogP contribution >= 0.6 is 0 Å². The van der Waals surface area contributed by atoms with Gasteiger partial charge in [0.25, 0.3) is 5.91 Å². The fourth-order valence-corrected chi connectivity index (χ4v) is 3.34. The maximum absolute atomic E-state index is 13.0. The largest absolute Gasteiger partial charge is 0.464 e. The number of furan rings is 1. The number of carbonyl (C=O) groups excluding carboxylic acids is 1. The molecule has 7 nitrogen and oxygen atoms in total. The molecule has 140 valence electrons. The van der Waals surface area contributed by atoms with Crippen LogP contribution in [0.25, 0.3) is 22.2 Å². The average molecular weight is 368 g/mol. The molecule has 4 rings (SSSR count). The molecule has 1 aliphatic heterocycles. The third-order valence-corrected chi connectivity index (χ3v) is 4.84. The Labute approximate surface area is 155 Å². The van der Waals surface area contributed by atoms with E-state index in [1.807, 2.05) is 29.7 Å². The van der Waals surface area contributed by atoms with Crippen LogP contribution in [-0.4, -0.2) is 40.9 Å². The van der Waals surface area contributed by atoms with Crippen molar-refractivity contribution < 1.29 is 19.1 Å². The van der Waals surface area contributed by atoms with Crippen molar-refractivity contribution >= 4 is 16.8 Å². The molecule has 7 heteroatoms. The number of aryl methyl sites for hydroxylation is 1. The van der Waals surface area contributed by atoms with Gasteiger partial charge in [-0.2, -0.15) is 0 Å². The molecule has 1 aliphatic rings. The summed E-state index contributed by atoms with van der Waals surface area (Å²) in [6.07, 6.45) is 2.37. The quantitative estimate of drug-likeness (QED) is 0.732. The summed E-state index contributed by atoms with van der Waals surface area (Å²) in [7, 11) is 0. The first-order valence-corrected chi connectivity index (χ1v) is 8.86. The van der Waals surface area contributed by atoms with E-state index < -0.39 is 18.1 Å². The lowest BCUT2D eigenvalue weighted by Crippen LogP contribution is -2.44. The van der Waals surface area contributed by atoms with E-state index in [1.165, 1.54) is 0 Å². The summed E-state index contributed by atoms with van der Waals surface area (Å²) >= 11 is 0. The van der Waals surface area contributed by atoms with Crippen molar-refractivity contribution in [3.05, 3.63) is 58.6 Å². The summed E-state index contributed by atoms with van der Waals surface area (Å²) in [5.41, 5.74) is 1.21. The van der Waals surface area contributed by atoms with E-state index in [0.717, 1.165) is 11.1 Å². The summed E-state index contributed by atoms with van der Waals surface area (Å²) < 4.78 is 12.4. The van der Waals surface area contributed by atoms with Crippen molar-refractivity contribution in [2.45, 2.75) is 25.6 Å². The molecular weight excluding hydrogens is 348 g/mol. The Morgan fingerprint density at radius 2 is 2.19 bits per heavy atom. The van der Waals surface area contributed by atoms with Crippen molar-refractivity contribution in [3.8, 4) is 11.3 Å². The first-order chi connectivity index (χ1) is 13.1. The van der Waals surface area contributed by atoms with Gasteiger partial charge in [0, 0.05) is 23.7 Å². The first-order valence-electron chi connectivity index (χ1n) is 8.86. The minimum absolute atomic E-state index is 0.0417. The highest BCUT2D eigenvalue weighted by molar-refractivity contribution is 5.98. The zero-order valence-corrected chi connectivity index (χ0v) is 14.8. The molecule has 27 heavy (non-hydrogen) atoms. The minimum atomic E-state index is -0.770. The van der Waals surface area contributed by atoms with E-state index in [9.17, 15) is 14.7 Å². The van der Waals surface area contributed by atoms with Crippen LogP contribution in [0.2, 0.25) is 0 Å². The molecule has 0 aliphatic carbocycles. The number of fused-ring (bicyclic) bond motifs is 1. The number of benzene rings is 1. The number of aromatic nitrogens is 1. The van der Waals surface area contributed by atoms with Crippen molar-refractivity contribution in [2.24, 2.45) is 0 Å². The van der Waals surface area contributed by atoms with Crippen molar-refractivity contribution in [1.29, 1.82) is 0 Å². The molecule has 0 radical (unpaired) electrons.